The Morgan fingerprint density at radius 2 is 2.28 bits per heavy atom. The number of hydrogen-bond acceptors (Lipinski definition) is 4. The van der Waals surface area contributed by atoms with Gasteiger partial charge in [-0.1, -0.05) is 18.1 Å². The zero-order chi connectivity index (χ0) is 17.8. The van der Waals surface area contributed by atoms with Crippen molar-refractivity contribution in [3.8, 4) is 5.75 Å². The molecule has 1 N–H and O–H groups in total. The highest BCUT2D eigenvalue weighted by Gasteiger charge is 2.32. The number of carbonyl (C=O) groups excluding carboxylic acids is 1. The van der Waals surface area contributed by atoms with Crippen molar-refractivity contribution in [2.24, 2.45) is 0 Å². The molecule has 6 heteroatoms. The predicted molar refractivity (Wildman–Crippen MR) is 95.9 cm³/mol. The highest BCUT2D eigenvalue weighted by molar-refractivity contribution is 5.91. The van der Waals surface area contributed by atoms with Crippen molar-refractivity contribution < 1.29 is 14.1 Å². The minimum atomic E-state index is -0.133. The van der Waals surface area contributed by atoms with E-state index in [4.69, 9.17) is 9.26 Å². The molecule has 0 bridgehead atoms. The van der Waals surface area contributed by atoms with Crippen LogP contribution in [0.3, 0.4) is 0 Å². The van der Waals surface area contributed by atoms with E-state index >= 15 is 0 Å². The first kappa shape index (κ1) is 17.3. The first-order valence-electron chi connectivity index (χ1n) is 8.80. The van der Waals surface area contributed by atoms with E-state index in [2.05, 4.69) is 17.4 Å². The second kappa shape index (κ2) is 7.59. The van der Waals surface area contributed by atoms with Crippen molar-refractivity contribution in [3.05, 3.63) is 41.3 Å². The number of methoxy groups -OCH3 is 1. The summed E-state index contributed by atoms with van der Waals surface area (Å²) in [4.78, 5) is 14.6. The molecule has 1 fully saturated rings. The lowest BCUT2D eigenvalue weighted by molar-refractivity contribution is 0.204. The fourth-order valence-corrected chi connectivity index (χ4v) is 3.27. The first-order chi connectivity index (χ1) is 12.1. The van der Waals surface area contributed by atoms with Crippen LogP contribution in [0.4, 0.5) is 10.5 Å². The van der Waals surface area contributed by atoms with Crippen LogP contribution in [0.25, 0.3) is 0 Å². The molecular formula is C19H25N3O3. The molecule has 1 aromatic heterocycles. The van der Waals surface area contributed by atoms with Gasteiger partial charge in [-0.15, -0.1) is 0 Å². The normalized spacial score (nSPS) is 16.9. The molecule has 0 aliphatic carbocycles. The molecule has 6 nitrogen and oxygen atoms in total. The summed E-state index contributed by atoms with van der Waals surface area (Å²) in [6.45, 7) is 4.80. The number of nitrogens with zero attached hydrogens (tertiary/aromatic N) is 2. The highest BCUT2D eigenvalue weighted by atomic mass is 16.5. The van der Waals surface area contributed by atoms with Gasteiger partial charge in [-0.05, 0) is 43.9 Å². The molecule has 2 heterocycles. The molecule has 1 aliphatic heterocycles. The van der Waals surface area contributed by atoms with Gasteiger partial charge < -0.3 is 19.5 Å². The smallest absolute Gasteiger partial charge is 0.322 e. The zero-order valence-electron chi connectivity index (χ0n) is 15.0. The molecule has 1 atom stereocenters. The lowest BCUT2D eigenvalue weighted by atomic mass is 10.1. The number of rotatable bonds is 5. The van der Waals surface area contributed by atoms with E-state index in [-0.39, 0.29) is 12.1 Å². The summed E-state index contributed by atoms with van der Waals surface area (Å²) in [5, 5.41) is 7.16. The molecule has 0 saturated carbocycles. The van der Waals surface area contributed by atoms with Gasteiger partial charge in [0.1, 0.15) is 17.2 Å². The van der Waals surface area contributed by atoms with Crippen LogP contribution in [0.2, 0.25) is 0 Å². The molecule has 134 valence electrons. The summed E-state index contributed by atoms with van der Waals surface area (Å²) >= 11 is 0. The van der Waals surface area contributed by atoms with Crippen molar-refractivity contribution in [1.29, 1.82) is 0 Å². The van der Waals surface area contributed by atoms with Crippen LogP contribution >= 0.6 is 0 Å². The minimum absolute atomic E-state index is 0.0369. The zero-order valence-corrected chi connectivity index (χ0v) is 15.0. The van der Waals surface area contributed by atoms with Crippen LogP contribution in [0, 0.1) is 6.92 Å². The van der Waals surface area contributed by atoms with Gasteiger partial charge in [0.2, 0.25) is 0 Å². The van der Waals surface area contributed by atoms with Crippen molar-refractivity contribution >= 4 is 11.7 Å². The van der Waals surface area contributed by atoms with Gasteiger partial charge in [0.15, 0.2) is 0 Å². The summed E-state index contributed by atoms with van der Waals surface area (Å²) in [5.74, 6) is 1.53. The number of benzene rings is 1. The fraction of sp³-hybridized carbons (Fsp3) is 0.474. The Labute approximate surface area is 148 Å². The number of nitrogens with one attached hydrogen (secondary N) is 1. The Morgan fingerprint density at radius 1 is 1.44 bits per heavy atom. The summed E-state index contributed by atoms with van der Waals surface area (Å²) < 4.78 is 10.7. The summed E-state index contributed by atoms with van der Waals surface area (Å²) in [6.07, 6.45) is 3.73. The van der Waals surface area contributed by atoms with Crippen molar-refractivity contribution in [2.45, 2.75) is 45.6 Å². The van der Waals surface area contributed by atoms with E-state index < -0.39 is 0 Å². The van der Waals surface area contributed by atoms with Crippen LogP contribution in [-0.4, -0.2) is 29.7 Å². The fourth-order valence-electron chi connectivity index (χ4n) is 3.27. The first-order valence-corrected chi connectivity index (χ1v) is 8.80. The summed E-state index contributed by atoms with van der Waals surface area (Å²) in [7, 11) is 1.60. The molecular weight excluding hydrogens is 318 g/mol. The van der Waals surface area contributed by atoms with Crippen molar-refractivity contribution in [3.63, 3.8) is 0 Å². The van der Waals surface area contributed by atoms with E-state index in [9.17, 15) is 4.79 Å². The number of amides is 2. The van der Waals surface area contributed by atoms with E-state index in [0.29, 0.717) is 18.0 Å². The molecule has 2 amide bonds. The Hall–Kier alpha value is -2.50. The minimum Gasteiger partial charge on any atom is -0.495 e. The van der Waals surface area contributed by atoms with Crippen LogP contribution in [0.15, 0.2) is 28.8 Å². The average Bonchev–Trinajstić information content (AvgIpc) is 3.24. The Balaban J connectivity index is 1.75. The molecule has 0 spiro atoms. The largest absolute Gasteiger partial charge is 0.495 e. The van der Waals surface area contributed by atoms with Crippen LogP contribution in [-0.2, 0) is 6.42 Å². The van der Waals surface area contributed by atoms with E-state index in [0.717, 1.165) is 42.7 Å². The quantitative estimate of drug-likeness (QED) is 0.878. The van der Waals surface area contributed by atoms with Gasteiger partial charge in [0.25, 0.3) is 0 Å². The van der Waals surface area contributed by atoms with Gasteiger partial charge in [-0.2, -0.15) is 0 Å². The number of ether oxygens (including phenoxy) is 1. The average molecular weight is 343 g/mol. The Kier molecular flexibility index (Phi) is 5.26. The second-order valence-electron chi connectivity index (χ2n) is 6.45. The van der Waals surface area contributed by atoms with Gasteiger partial charge in [0, 0.05) is 19.0 Å². The third kappa shape index (κ3) is 3.78. The molecule has 0 radical (unpaired) electrons. The second-order valence-corrected chi connectivity index (χ2v) is 6.45. The highest BCUT2D eigenvalue weighted by Crippen LogP contribution is 2.33. The number of aryl methyl sites for hydroxylation is 2. The number of carbonyl (C=O) groups is 1. The monoisotopic (exact) mass is 343 g/mol. The third-order valence-corrected chi connectivity index (χ3v) is 4.53. The molecule has 1 aromatic carbocycles. The molecule has 3 rings (SSSR count). The van der Waals surface area contributed by atoms with Crippen molar-refractivity contribution in [2.75, 3.05) is 19.0 Å². The van der Waals surface area contributed by atoms with Crippen molar-refractivity contribution in [1.82, 2.24) is 10.1 Å². The molecule has 1 unspecified atom stereocenters. The number of hydrogen-bond donors (Lipinski definition) is 1. The van der Waals surface area contributed by atoms with Gasteiger partial charge in [-0.25, -0.2) is 4.79 Å². The topological polar surface area (TPSA) is 67.6 Å². The maximum absolute atomic E-state index is 12.8. The molecule has 1 aliphatic rings. The van der Waals surface area contributed by atoms with Gasteiger partial charge in [0.05, 0.1) is 18.8 Å². The summed E-state index contributed by atoms with van der Waals surface area (Å²) in [5.41, 5.74) is 2.59. The lowest BCUT2D eigenvalue weighted by Gasteiger charge is -2.24. The number of aromatic nitrogens is 1. The Bertz CT molecular complexity index is 741. The molecule has 25 heavy (non-hydrogen) atoms. The van der Waals surface area contributed by atoms with Crippen LogP contribution < -0.4 is 10.1 Å². The van der Waals surface area contributed by atoms with Crippen LogP contribution in [0.5, 0.6) is 5.75 Å². The number of urea groups is 1. The number of anilines is 1. The molecule has 2 aromatic rings. The standard InChI is InChI=1S/C19H25N3O3/c1-4-6-14-12-15(21-25-14)17-7-5-10-22(17)19(23)20-16-11-13(2)8-9-18(16)24-3/h8-9,11-12,17H,4-7,10H2,1-3H3,(H,20,23). The predicted octanol–water partition coefficient (Wildman–Crippen LogP) is 4.31. The van der Waals surface area contributed by atoms with E-state index in [1.54, 1.807) is 7.11 Å². The van der Waals surface area contributed by atoms with E-state index in [1.165, 1.54) is 0 Å². The maximum atomic E-state index is 12.8. The maximum Gasteiger partial charge on any atom is 0.322 e. The van der Waals surface area contributed by atoms with Gasteiger partial charge in [-0.3, -0.25) is 0 Å². The SMILES string of the molecule is CCCc1cc(C2CCCN2C(=O)Nc2cc(C)ccc2OC)no1. The van der Waals surface area contributed by atoms with E-state index in [1.807, 2.05) is 36.1 Å². The number of likely N-dealkylation sites (tertiary alicyclic amines) is 1. The van der Waals surface area contributed by atoms with Gasteiger partial charge >= 0.3 is 6.03 Å². The summed E-state index contributed by atoms with van der Waals surface area (Å²) in [6, 6.07) is 7.54. The third-order valence-electron chi connectivity index (χ3n) is 4.53. The lowest BCUT2D eigenvalue weighted by Crippen LogP contribution is -2.34. The molecule has 1 saturated heterocycles. The van der Waals surface area contributed by atoms with Crippen LogP contribution in [0.1, 0.15) is 49.2 Å². The Morgan fingerprint density at radius 3 is 3.04 bits per heavy atom.